The van der Waals surface area contributed by atoms with Gasteiger partial charge in [0.1, 0.15) is 0 Å². The van der Waals surface area contributed by atoms with Crippen LogP contribution in [-0.4, -0.2) is 23.4 Å². The van der Waals surface area contributed by atoms with Crippen LogP contribution >= 0.6 is 15.9 Å². The molecule has 1 aromatic heterocycles. The molecule has 6 nitrogen and oxygen atoms in total. The molecule has 1 heterocycles. The highest BCUT2D eigenvalue weighted by Crippen LogP contribution is 2.41. The summed E-state index contributed by atoms with van der Waals surface area (Å²) < 4.78 is 44.7. The molecule has 18 heavy (non-hydrogen) atoms. The van der Waals surface area contributed by atoms with Gasteiger partial charge >= 0.3 is 12.0 Å². The smallest absolute Gasteiger partial charge is 0.478 e. The fourth-order valence-electron chi connectivity index (χ4n) is 1.15. The highest BCUT2D eigenvalue weighted by molar-refractivity contribution is 9.08. The molecule has 0 spiro atoms. The van der Waals surface area contributed by atoms with E-state index in [2.05, 4.69) is 30.4 Å². The molecule has 0 fully saturated rings. The van der Waals surface area contributed by atoms with Gasteiger partial charge in [0.25, 0.3) is 11.6 Å². The largest absolute Gasteiger partial charge is 0.573 e. The molecular formula is C8H6BrF3N2O4. The Morgan fingerprint density at radius 2 is 2.17 bits per heavy atom. The summed E-state index contributed by atoms with van der Waals surface area (Å²) in [4.78, 5) is 13.3. The summed E-state index contributed by atoms with van der Waals surface area (Å²) in [5.74, 6) is -1.67. The van der Waals surface area contributed by atoms with E-state index in [0.717, 1.165) is 13.3 Å². The molecule has 1 rings (SSSR count). The lowest BCUT2D eigenvalue weighted by atomic mass is 10.2. The van der Waals surface area contributed by atoms with Crippen LogP contribution in [0.5, 0.6) is 11.6 Å². The Morgan fingerprint density at radius 1 is 1.56 bits per heavy atom. The SMILES string of the molecule is COc1ncc(CBr)c([N+](=O)[O-])c1OC(F)(F)F. The number of methoxy groups -OCH3 is 1. The summed E-state index contributed by atoms with van der Waals surface area (Å²) in [5.41, 5.74) is -0.893. The van der Waals surface area contributed by atoms with Crippen LogP contribution in [0.2, 0.25) is 0 Å². The van der Waals surface area contributed by atoms with Gasteiger partial charge in [-0.15, -0.1) is 13.2 Å². The molecule has 0 atom stereocenters. The molecular weight excluding hydrogens is 325 g/mol. The zero-order valence-corrected chi connectivity index (χ0v) is 10.4. The topological polar surface area (TPSA) is 74.5 Å². The lowest BCUT2D eigenvalue weighted by Crippen LogP contribution is -2.19. The van der Waals surface area contributed by atoms with Crippen molar-refractivity contribution in [3.8, 4) is 11.6 Å². The quantitative estimate of drug-likeness (QED) is 0.482. The molecule has 0 saturated carbocycles. The molecule has 1 aromatic rings. The van der Waals surface area contributed by atoms with Crippen LogP contribution in [0, 0.1) is 10.1 Å². The van der Waals surface area contributed by atoms with Crippen LogP contribution in [0.25, 0.3) is 0 Å². The molecule has 10 heteroatoms. The van der Waals surface area contributed by atoms with E-state index in [9.17, 15) is 23.3 Å². The normalized spacial score (nSPS) is 11.2. The minimum atomic E-state index is -5.08. The average Bonchev–Trinajstić information content (AvgIpc) is 2.25. The number of halogens is 4. The Labute approximate surface area is 107 Å². The molecule has 0 aliphatic rings. The van der Waals surface area contributed by atoms with Crippen molar-refractivity contribution in [3.05, 3.63) is 21.9 Å². The van der Waals surface area contributed by atoms with Gasteiger partial charge in [0.15, 0.2) is 0 Å². The highest BCUT2D eigenvalue weighted by Gasteiger charge is 2.38. The van der Waals surface area contributed by atoms with Crippen LogP contribution < -0.4 is 9.47 Å². The van der Waals surface area contributed by atoms with Crippen LogP contribution in [0.15, 0.2) is 6.20 Å². The summed E-state index contributed by atoms with van der Waals surface area (Å²) in [7, 11) is 1.03. The van der Waals surface area contributed by atoms with Crippen molar-refractivity contribution in [2.75, 3.05) is 7.11 Å². The van der Waals surface area contributed by atoms with Crippen molar-refractivity contribution in [3.63, 3.8) is 0 Å². The molecule has 0 aromatic carbocycles. The van der Waals surface area contributed by atoms with Gasteiger partial charge in [0.2, 0.25) is 0 Å². The molecule has 0 amide bonds. The maximum Gasteiger partial charge on any atom is 0.573 e. The van der Waals surface area contributed by atoms with Crippen molar-refractivity contribution in [1.82, 2.24) is 4.98 Å². The van der Waals surface area contributed by atoms with E-state index >= 15 is 0 Å². The van der Waals surface area contributed by atoms with E-state index < -0.39 is 28.6 Å². The number of rotatable bonds is 4. The average molecular weight is 331 g/mol. The van der Waals surface area contributed by atoms with Gasteiger partial charge in [-0.25, -0.2) is 4.98 Å². The van der Waals surface area contributed by atoms with E-state index in [1.807, 2.05) is 0 Å². The van der Waals surface area contributed by atoms with Crippen LogP contribution in [0.4, 0.5) is 18.9 Å². The minimum absolute atomic E-state index is 0.0471. The number of aromatic nitrogens is 1. The predicted molar refractivity (Wildman–Crippen MR) is 56.8 cm³/mol. The summed E-state index contributed by atoms with van der Waals surface area (Å²) in [5, 5.41) is 10.8. The maximum atomic E-state index is 12.2. The first-order valence-corrected chi connectivity index (χ1v) is 5.44. The fourth-order valence-corrected chi connectivity index (χ4v) is 1.56. The third-order valence-electron chi connectivity index (χ3n) is 1.79. The standard InChI is InChI=1S/C8H6BrF3N2O4/c1-17-7-6(18-8(10,11)12)5(14(15)16)4(2-9)3-13-7/h3H,2H2,1H3. The van der Waals surface area contributed by atoms with Crippen LogP contribution in [0.1, 0.15) is 5.56 Å². The zero-order chi connectivity index (χ0) is 13.9. The molecule has 0 N–H and O–H groups in total. The monoisotopic (exact) mass is 330 g/mol. The summed E-state index contributed by atoms with van der Waals surface area (Å²) in [6.07, 6.45) is -4.04. The number of nitro groups is 1. The first kappa shape index (κ1) is 14.5. The van der Waals surface area contributed by atoms with E-state index in [1.165, 1.54) is 0 Å². The first-order valence-electron chi connectivity index (χ1n) is 4.32. The third-order valence-corrected chi connectivity index (χ3v) is 2.39. The molecule has 0 radical (unpaired) electrons. The van der Waals surface area contributed by atoms with Crippen molar-refractivity contribution in [2.24, 2.45) is 0 Å². The Bertz CT molecular complexity index is 466. The van der Waals surface area contributed by atoms with Crippen molar-refractivity contribution in [2.45, 2.75) is 11.7 Å². The van der Waals surface area contributed by atoms with Gasteiger partial charge in [-0.3, -0.25) is 10.1 Å². The van der Waals surface area contributed by atoms with Gasteiger partial charge in [0.05, 0.1) is 17.6 Å². The Morgan fingerprint density at radius 3 is 2.56 bits per heavy atom. The highest BCUT2D eigenvalue weighted by atomic mass is 79.9. The minimum Gasteiger partial charge on any atom is -0.478 e. The van der Waals surface area contributed by atoms with E-state index in [0.29, 0.717) is 0 Å². The van der Waals surface area contributed by atoms with E-state index in [-0.39, 0.29) is 10.9 Å². The number of hydrogen-bond donors (Lipinski definition) is 0. The molecule has 0 bridgehead atoms. The second kappa shape index (κ2) is 5.38. The molecule has 100 valence electrons. The molecule has 0 unspecified atom stereocenters. The van der Waals surface area contributed by atoms with Gasteiger partial charge in [-0.05, 0) is 0 Å². The van der Waals surface area contributed by atoms with Crippen molar-refractivity contribution in [1.29, 1.82) is 0 Å². The van der Waals surface area contributed by atoms with Crippen LogP contribution in [0.3, 0.4) is 0 Å². The number of nitrogens with zero attached hydrogens (tertiary/aromatic N) is 2. The van der Waals surface area contributed by atoms with Crippen molar-refractivity contribution < 1.29 is 27.6 Å². The Hall–Kier alpha value is -1.58. The zero-order valence-electron chi connectivity index (χ0n) is 8.82. The fraction of sp³-hybridized carbons (Fsp3) is 0.375. The Kier molecular flexibility index (Phi) is 4.33. The van der Waals surface area contributed by atoms with Gasteiger partial charge < -0.3 is 9.47 Å². The van der Waals surface area contributed by atoms with Gasteiger partial charge in [0, 0.05) is 11.5 Å². The second-order valence-corrected chi connectivity index (χ2v) is 3.47. The summed E-state index contributed by atoms with van der Waals surface area (Å²) in [6.45, 7) is 0. The number of pyridine rings is 1. The predicted octanol–water partition coefficient (Wildman–Crippen LogP) is 2.79. The Balaban J connectivity index is 3.45. The van der Waals surface area contributed by atoms with Crippen molar-refractivity contribution >= 4 is 21.6 Å². The van der Waals surface area contributed by atoms with Crippen LogP contribution in [-0.2, 0) is 5.33 Å². The van der Waals surface area contributed by atoms with Gasteiger partial charge in [-0.1, -0.05) is 15.9 Å². The second-order valence-electron chi connectivity index (χ2n) is 2.91. The number of alkyl halides is 4. The summed E-state index contributed by atoms with van der Waals surface area (Å²) >= 11 is 2.91. The molecule has 0 aliphatic carbocycles. The van der Waals surface area contributed by atoms with Gasteiger partial charge in [-0.2, -0.15) is 0 Å². The van der Waals surface area contributed by atoms with E-state index in [4.69, 9.17) is 0 Å². The maximum absolute atomic E-state index is 12.2. The summed E-state index contributed by atoms with van der Waals surface area (Å²) in [6, 6.07) is 0. The number of ether oxygens (including phenoxy) is 2. The third kappa shape index (κ3) is 3.22. The lowest BCUT2D eigenvalue weighted by Gasteiger charge is -2.12. The lowest BCUT2D eigenvalue weighted by molar-refractivity contribution is -0.389. The number of hydrogen-bond acceptors (Lipinski definition) is 5. The molecule has 0 saturated heterocycles. The van der Waals surface area contributed by atoms with E-state index in [1.54, 1.807) is 0 Å². The molecule has 0 aliphatic heterocycles. The first-order chi connectivity index (χ1) is 8.30.